The summed E-state index contributed by atoms with van der Waals surface area (Å²) in [4.78, 5) is 13.4. The molecule has 128 valence electrons. The molecule has 3 rings (SSSR count). The van der Waals surface area contributed by atoms with Crippen LogP contribution in [0.1, 0.15) is 34.4 Å². The molecule has 0 fully saturated rings. The third-order valence-corrected chi connectivity index (χ3v) is 5.70. The smallest absolute Gasteiger partial charge is 0.230 e. The van der Waals surface area contributed by atoms with Gasteiger partial charge in [-0.3, -0.25) is 4.79 Å². The van der Waals surface area contributed by atoms with Crippen molar-refractivity contribution in [2.24, 2.45) is 0 Å². The van der Waals surface area contributed by atoms with Crippen LogP contribution in [0.15, 0.2) is 24.3 Å². The number of nitrogens with one attached hydrogen (secondary N) is 2. The molecule has 0 unspecified atom stereocenters. The van der Waals surface area contributed by atoms with E-state index in [4.69, 9.17) is 23.8 Å². The minimum Gasteiger partial charge on any atom is -0.323 e. The predicted octanol–water partition coefficient (Wildman–Crippen LogP) is 4.21. The zero-order valence-electron chi connectivity index (χ0n) is 13.4. The molecule has 0 radical (unpaired) electrons. The molecule has 1 aliphatic rings. The summed E-state index contributed by atoms with van der Waals surface area (Å²) in [5.74, 6) is -0.209. The monoisotopic (exact) mass is 389 g/mol. The fraction of sp³-hybridized carbons (Fsp3) is 0.278. The third kappa shape index (κ3) is 4.37. The number of nitrogens with zero attached hydrogens (tertiary/aromatic N) is 1. The molecule has 7 heteroatoms. The Hall–Kier alpha value is -1.94. The maximum Gasteiger partial charge on any atom is 0.230 e. The Labute approximate surface area is 160 Å². The predicted molar refractivity (Wildman–Crippen MR) is 105 cm³/mol. The van der Waals surface area contributed by atoms with Crippen LogP contribution in [-0.2, 0) is 24.1 Å². The number of anilines is 1. The summed E-state index contributed by atoms with van der Waals surface area (Å²) < 4.78 is 0. The summed E-state index contributed by atoms with van der Waals surface area (Å²) in [6.07, 6.45) is 4.42. The van der Waals surface area contributed by atoms with Crippen molar-refractivity contribution in [3.8, 4) is 6.07 Å². The second-order valence-corrected chi connectivity index (χ2v) is 7.78. The normalized spacial score (nSPS) is 12.8. The number of fused-ring (bicyclic) bond motifs is 1. The second-order valence-electron chi connectivity index (χ2n) is 5.83. The second kappa shape index (κ2) is 7.96. The molecule has 1 heterocycles. The van der Waals surface area contributed by atoms with E-state index < -0.39 is 0 Å². The highest BCUT2D eigenvalue weighted by atomic mass is 35.5. The van der Waals surface area contributed by atoms with E-state index in [-0.39, 0.29) is 17.4 Å². The van der Waals surface area contributed by atoms with Crippen LogP contribution in [0.25, 0.3) is 0 Å². The minimum atomic E-state index is -0.209. The van der Waals surface area contributed by atoms with Crippen molar-refractivity contribution in [2.45, 2.75) is 32.1 Å². The number of carbonyl (C=O) groups is 1. The SMILES string of the molecule is N#Cc1c(NC(=S)NC(=O)Cc2ccc(Cl)cc2)sc2c1CCCC2. The topological polar surface area (TPSA) is 64.9 Å². The third-order valence-electron chi connectivity index (χ3n) is 4.04. The lowest BCUT2D eigenvalue weighted by Crippen LogP contribution is -2.35. The molecule has 1 aromatic carbocycles. The van der Waals surface area contributed by atoms with Crippen LogP contribution in [0.5, 0.6) is 0 Å². The molecule has 0 bridgehead atoms. The number of hydrogen-bond donors (Lipinski definition) is 2. The van der Waals surface area contributed by atoms with Gasteiger partial charge in [0.25, 0.3) is 0 Å². The first kappa shape index (κ1) is 17.9. The molecular weight excluding hydrogens is 374 g/mol. The van der Waals surface area contributed by atoms with Crippen molar-refractivity contribution >= 4 is 51.2 Å². The summed E-state index contributed by atoms with van der Waals surface area (Å²) >= 11 is 12.6. The zero-order valence-corrected chi connectivity index (χ0v) is 15.8. The fourth-order valence-corrected chi connectivity index (χ4v) is 4.52. The van der Waals surface area contributed by atoms with Crippen molar-refractivity contribution in [3.63, 3.8) is 0 Å². The largest absolute Gasteiger partial charge is 0.323 e. The molecule has 2 aromatic rings. The molecule has 1 aliphatic carbocycles. The maximum absolute atomic E-state index is 12.1. The fourth-order valence-electron chi connectivity index (χ4n) is 2.87. The molecule has 1 amide bonds. The van der Waals surface area contributed by atoms with E-state index in [0.717, 1.165) is 41.8 Å². The molecule has 25 heavy (non-hydrogen) atoms. The van der Waals surface area contributed by atoms with Crippen LogP contribution in [0.2, 0.25) is 5.02 Å². The number of rotatable bonds is 3. The van der Waals surface area contributed by atoms with Gasteiger partial charge in [-0.2, -0.15) is 5.26 Å². The van der Waals surface area contributed by atoms with E-state index in [0.29, 0.717) is 10.6 Å². The Morgan fingerprint density at radius 3 is 2.72 bits per heavy atom. The number of nitriles is 1. The molecule has 0 saturated carbocycles. The van der Waals surface area contributed by atoms with Crippen molar-refractivity contribution in [2.75, 3.05) is 5.32 Å². The lowest BCUT2D eigenvalue weighted by atomic mass is 9.96. The maximum atomic E-state index is 12.1. The van der Waals surface area contributed by atoms with Gasteiger partial charge in [0.1, 0.15) is 11.1 Å². The number of amides is 1. The van der Waals surface area contributed by atoms with Crippen molar-refractivity contribution in [1.29, 1.82) is 5.26 Å². The quantitative estimate of drug-likeness (QED) is 0.772. The average Bonchev–Trinajstić information content (AvgIpc) is 2.93. The van der Waals surface area contributed by atoms with Gasteiger partial charge in [-0.05, 0) is 61.2 Å². The number of carbonyl (C=O) groups excluding carboxylic acids is 1. The van der Waals surface area contributed by atoms with Gasteiger partial charge in [0, 0.05) is 9.90 Å². The van der Waals surface area contributed by atoms with Gasteiger partial charge >= 0.3 is 0 Å². The molecular formula is C18H16ClN3OS2. The lowest BCUT2D eigenvalue weighted by molar-refractivity contribution is -0.119. The van der Waals surface area contributed by atoms with Crippen LogP contribution in [0.3, 0.4) is 0 Å². The highest BCUT2D eigenvalue weighted by molar-refractivity contribution is 7.80. The first-order valence-electron chi connectivity index (χ1n) is 7.96. The number of benzene rings is 1. The molecule has 0 spiro atoms. The van der Waals surface area contributed by atoms with E-state index >= 15 is 0 Å². The van der Waals surface area contributed by atoms with Crippen LogP contribution < -0.4 is 10.6 Å². The Balaban J connectivity index is 1.63. The molecule has 2 N–H and O–H groups in total. The van der Waals surface area contributed by atoms with Gasteiger partial charge in [0.15, 0.2) is 5.11 Å². The van der Waals surface area contributed by atoms with E-state index in [9.17, 15) is 10.1 Å². The van der Waals surface area contributed by atoms with E-state index in [1.54, 1.807) is 35.6 Å². The molecule has 1 aromatic heterocycles. The highest BCUT2D eigenvalue weighted by Crippen LogP contribution is 2.37. The van der Waals surface area contributed by atoms with Crippen LogP contribution in [-0.4, -0.2) is 11.0 Å². The number of aryl methyl sites for hydroxylation is 1. The summed E-state index contributed by atoms with van der Waals surface area (Å²) in [6.45, 7) is 0. The Kier molecular flexibility index (Phi) is 5.69. The van der Waals surface area contributed by atoms with Crippen LogP contribution in [0, 0.1) is 11.3 Å². The van der Waals surface area contributed by atoms with E-state index in [2.05, 4.69) is 16.7 Å². The first-order chi connectivity index (χ1) is 12.1. The lowest BCUT2D eigenvalue weighted by Gasteiger charge is -2.10. The Morgan fingerprint density at radius 2 is 2.00 bits per heavy atom. The van der Waals surface area contributed by atoms with E-state index in [1.165, 1.54) is 4.88 Å². The van der Waals surface area contributed by atoms with Crippen molar-refractivity contribution in [1.82, 2.24) is 5.32 Å². The summed E-state index contributed by atoms with van der Waals surface area (Å²) in [5, 5.41) is 16.7. The summed E-state index contributed by atoms with van der Waals surface area (Å²) in [7, 11) is 0. The van der Waals surface area contributed by atoms with Gasteiger partial charge in [-0.1, -0.05) is 23.7 Å². The highest BCUT2D eigenvalue weighted by Gasteiger charge is 2.21. The standard InChI is InChI=1S/C18H16ClN3OS2/c19-12-7-5-11(6-8-12)9-16(23)21-18(24)22-17-14(10-20)13-3-1-2-4-15(13)25-17/h5-8H,1-4,9H2,(H2,21,22,23,24). The number of halogens is 1. The summed E-state index contributed by atoms with van der Waals surface area (Å²) in [5.41, 5.74) is 2.65. The minimum absolute atomic E-state index is 0.209. The number of thiocarbonyl (C=S) groups is 1. The molecule has 0 aliphatic heterocycles. The summed E-state index contributed by atoms with van der Waals surface area (Å²) in [6, 6.07) is 9.37. The molecule has 0 saturated heterocycles. The van der Waals surface area contributed by atoms with Gasteiger partial charge in [-0.15, -0.1) is 11.3 Å². The van der Waals surface area contributed by atoms with Crippen LogP contribution in [0.4, 0.5) is 5.00 Å². The number of thiophene rings is 1. The van der Waals surface area contributed by atoms with Gasteiger partial charge < -0.3 is 10.6 Å². The Bertz CT molecular complexity index is 852. The number of hydrogen-bond acceptors (Lipinski definition) is 4. The van der Waals surface area contributed by atoms with Crippen LogP contribution >= 0.6 is 35.2 Å². The van der Waals surface area contributed by atoms with Crippen molar-refractivity contribution < 1.29 is 4.79 Å². The zero-order chi connectivity index (χ0) is 17.8. The van der Waals surface area contributed by atoms with Gasteiger partial charge in [0.05, 0.1) is 12.0 Å². The average molecular weight is 390 g/mol. The van der Waals surface area contributed by atoms with Gasteiger partial charge in [0.2, 0.25) is 5.91 Å². The van der Waals surface area contributed by atoms with Gasteiger partial charge in [-0.25, -0.2) is 0 Å². The first-order valence-corrected chi connectivity index (χ1v) is 9.57. The van der Waals surface area contributed by atoms with E-state index in [1.807, 2.05) is 0 Å². The van der Waals surface area contributed by atoms with Crippen molar-refractivity contribution in [3.05, 3.63) is 50.9 Å². The molecule has 4 nitrogen and oxygen atoms in total. The Morgan fingerprint density at radius 1 is 1.28 bits per heavy atom. The molecule has 0 atom stereocenters.